The molecule has 13 nitrogen and oxygen atoms in total. The van der Waals surface area contributed by atoms with E-state index in [9.17, 15) is 9.59 Å². The lowest BCUT2D eigenvalue weighted by atomic mass is 10.0. The van der Waals surface area contributed by atoms with Crippen molar-refractivity contribution < 1.29 is 23.8 Å². The number of likely N-dealkylation sites (N-methyl/N-ethyl adjacent to an activating group) is 1. The van der Waals surface area contributed by atoms with Crippen molar-refractivity contribution in [3.63, 3.8) is 0 Å². The van der Waals surface area contributed by atoms with Crippen molar-refractivity contribution in [3.05, 3.63) is 93.7 Å². The molecule has 0 bridgehead atoms. The summed E-state index contributed by atoms with van der Waals surface area (Å²) in [6.45, 7) is 3.82. The third-order valence-corrected chi connectivity index (χ3v) is 9.29. The van der Waals surface area contributed by atoms with Crippen LogP contribution in [0.25, 0.3) is 0 Å². The molecule has 0 spiro atoms. The summed E-state index contributed by atoms with van der Waals surface area (Å²) in [5.41, 5.74) is 3.48. The molecule has 0 atom stereocenters. The number of aromatic nitrogens is 3. The fourth-order valence-corrected chi connectivity index (χ4v) is 6.67. The maximum absolute atomic E-state index is 14.6. The van der Waals surface area contributed by atoms with Gasteiger partial charge in [0.1, 0.15) is 33.2 Å². The van der Waals surface area contributed by atoms with Gasteiger partial charge in [-0.25, -0.2) is 14.8 Å². The molecular formula is C37H40Cl2N8O5. The van der Waals surface area contributed by atoms with Crippen LogP contribution in [-0.4, -0.2) is 92.8 Å². The summed E-state index contributed by atoms with van der Waals surface area (Å²) in [7, 11) is 6.83. The lowest BCUT2D eigenvalue weighted by Crippen LogP contribution is -2.48. The Bertz CT molecular complexity index is 1930. The average Bonchev–Trinajstić information content (AvgIpc) is 3.14. The van der Waals surface area contributed by atoms with E-state index in [0.29, 0.717) is 48.5 Å². The molecule has 2 aromatic heterocycles. The summed E-state index contributed by atoms with van der Waals surface area (Å²) < 4.78 is 16.4. The quantitative estimate of drug-likeness (QED) is 0.158. The van der Waals surface area contributed by atoms with Crippen molar-refractivity contribution in [1.82, 2.24) is 19.9 Å². The van der Waals surface area contributed by atoms with Crippen molar-refractivity contribution in [1.29, 1.82) is 0 Å². The predicted octanol–water partition coefficient (Wildman–Crippen LogP) is 6.15. The highest BCUT2D eigenvalue weighted by atomic mass is 35.5. The van der Waals surface area contributed by atoms with Gasteiger partial charge in [-0.1, -0.05) is 53.5 Å². The number of allylic oxidation sites excluding steroid dienone is 1. The molecule has 2 amide bonds. The number of nitrogens with zero attached hydrogens (tertiary/aromatic N) is 7. The molecule has 6 rings (SSSR count). The lowest BCUT2D eigenvalue weighted by molar-refractivity contribution is -0.114. The minimum absolute atomic E-state index is 0.0177. The second-order valence-electron chi connectivity index (χ2n) is 12.5. The Morgan fingerprint density at radius 3 is 2.40 bits per heavy atom. The SMILES string of the molecule is COc1cc(OC)c(Cl)c(N2Cc3cnc(Nc4ccc(N5CCOCC5)cn4)nc3N(Cc3cccc(CC(=O)/C=C/CN(C)C)c3)C2=O)c1Cl. The molecule has 1 saturated heterocycles. The van der Waals surface area contributed by atoms with Gasteiger partial charge < -0.3 is 29.3 Å². The molecule has 0 aliphatic carbocycles. The van der Waals surface area contributed by atoms with Crippen LogP contribution in [0.4, 0.5) is 33.8 Å². The number of ketones is 1. The summed E-state index contributed by atoms with van der Waals surface area (Å²) in [5, 5.41) is 3.48. The summed E-state index contributed by atoms with van der Waals surface area (Å²) in [6.07, 6.45) is 7.12. The van der Waals surface area contributed by atoms with E-state index in [2.05, 4.69) is 20.2 Å². The number of fused-ring (bicyclic) bond motifs is 1. The number of halogens is 2. The van der Waals surface area contributed by atoms with Gasteiger partial charge in [0.25, 0.3) is 0 Å². The molecule has 1 fully saturated rings. The van der Waals surface area contributed by atoms with Gasteiger partial charge in [0, 0.05) is 43.9 Å². The number of morpholine rings is 1. The molecule has 2 aliphatic heterocycles. The second kappa shape index (κ2) is 16.6. The fraction of sp³-hybridized carbons (Fsp3) is 0.324. The third kappa shape index (κ3) is 8.39. The topological polar surface area (TPSA) is 125 Å². The summed E-state index contributed by atoms with van der Waals surface area (Å²) in [6, 6.07) is 12.6. The van der Waals surface area contributed by atoms with E-state index in [4.69, 9.17) is 42.4 Å². The number of pyridine rings is 1. The van der Waals surface area contributed by atoms with E-state index in [1.54, 1.807) is 24.5 Å². The van der Waals surface area contributed by atoms with Gasteiger partial charge >= 0.3 is 6.03 Å². The summed E-state index contributed by atoms with van der Waals surface area (Å²) in [4.78, 5) is 48.4. The molecule has 2 aromatic carbocycles. The highest BCUT2D eigenvalue weighted by Crippen LogP contribution is 2.48. The van der Waals surface area contributed by atoms with Gasteiger partial charge in [0.2, 0.25) is 5.95 Å². The van der Waals surface area contributed by atoms with Crippen LogP contribution in [0.2, 0.25) is 10.0 Å². The first-order valence-corrected chi connectivity index (χ1v) is 17.4. The van der Waals surface area contributed by atoms with Gasteiger partial charge in [-0.05, 0) is 43.4 Å². The number of rotatable bonds is 13. The van der Waals surface area contributed by atoms with Crippen LogP contribution in [0.1, 0.15) is 16.7 Å². The van der Waals surface area contributed by atoms with Crippen LogP contribution in [0.5, 0.6) is 11.5 Å². The monoisotopic (exact) mass is 746 g/mol. The van der Waals surface area contributed by atoms with Crippen LogP contribution in [-0.2, 0) is 29.0 Å². The molecule has 2 aliphatic rings. The average molecular weight is 748 g/mol. The summed E-state index contributed by atoms with van der Waals surface area (Å²) in [5.74, 6) is 1.78. The van der Waals surface area contributed by atoms with Crippen molar-refractivity contribution in [2.24, 2.45) is 0 Å². The van der Waals surface area contributed by atoms with E-state index < -0.39 is 6.03 Å². The standard InChI is InChI=1S/C37H40Cl2N8O5/c1-44(2)12-6-9-28(48)18-24-7-5-8-25(17-24)22-47-35-26(23-46(37(47)49)34-32(38)29(50-3)19-30(51-4)33(34)39)20-41-36(43-35)42-31-11-10-27(21-40-31)45-13-15-52-16-14-45/h5-11,17,19-21H,12-16,18,22-23H2,1-4H3,(H,40,41,42,43)/b9-6+. The Hall–Kier alpha value is -4.95. The normalized spacial score (nSPS) is 14.6. The molecule has 15 heteroatoms. The smallest absolute Gasteiger partial charge is 0.330 e. The first-order chi connectivity index (χ1) is 25.1. The number of urea groups is 1. The number of carbonyl (C=O) groups is 2. The third-order valence-electron chi connectivity index (χ3n) is 8.56. The Morgan fingerprint density at radius 2 is 1.73 bits per heavy atom. The number of amides is 2. The van der Waals surface area contributed by atoms with Crippen LogP contribution >= 0.6 is 23.2 Å². The van der Waals surface area contributed by atoms with Crippen molar-refractivity contribution >= 4 is 64.0 Å². The zero-order valence-corrected chi connectivity index (χ0v) is 30.9. The van der Waals surface area contributed by atoms with E-state index >= 15 is 0 Å². The maximum Gasteiger partial charge on any atom is 0.330 e. The molecule has 272 valence electrons. The number of anilines is 5. The number of benzene rings is 2. The van der Waals surface area contributed by atoms with Gasteiger partial charge in [-0.3, -0.25) is 14.6 Å². The van der Waals surface area contributed by atoms with Gasteiger partial charge in [-0.2, -0.15) is 4.98 Å². The van der Waals surface area contributed by atoms with E-state index in [1.165, 1.54) is 24.0 Å². The van der Waals surface area contributed by atoms with E-state index in [0.717, 1.165) is 29.9 Å². The molecule has 0 radical (unpaired) electrons. The molecule has 4 aromatic rings. The number of carbonyl (C=O) groups excluding carboxylic acids is 2. The fourth-order valence-electron chi connectivity index (χ4n) is 5.96. The Kier molecular flexibility index (Phi) is 11.8. The van der Waals surface area contributed by atoms with Crippen LogP contribution in [0.3, 0.4) is 0 Å². The minimum atomic E-state index is -0.433. The Labute approximate surface area is 312 Å². The molecule has 0 saturated carbocycles. The van der Waals surface area contributed by atoms with Crippen molar-refractivity contribution in [2.45, 2.75) is 19.5 Å². The van der Waals surface area contributed by atoms with Crippen molar-refractivity contribution in [2.75, 3.05) is 81.2 Å². The van der Waals surface area contributed by atoms with Crippen LogP contribution in [0.15, 0.2) is 67.0 Å². The zero-order valence-electron chi connectivity index (χ0n) is 29.4. The molecule has 4 heterocycles. The Morgan fingerprint density at radius 1 is 1.00 bits per heavy atom. The van der Waals surface area contributed by atoms with E-state index in [1.807, 2.05) is 61.5 Å². The number of nitrogens with one attached hydrogen (secondary N) is 1. The summed E-state index contributed by atoms with van der Waals surface area (Å²) >= 11 is 13.6. The minimum Gasteiger partial charge on any atom is -0.495 e. The number of methoxy groups -OCH3 is 2. The van der Waals surface area contributed by atoms with Crippen LogP contribution in [0, 0.1) is 0 Å². The Balaban J connectivity index is 1.33. The van der Waals surface area contributed by atoms with Gasteiger partial charge in [0.05, 0.1) is 58.1 Å². The largest absolute Gasteiger partial charge is 0.495 e. The van der Waals surface area contributed by atoms with E-state index in [-0.39, 0.29) is 47.0 Å². The first-order valence-electron chi connectivity index (χ1n) is 16.7. The lowest BCUT2D eigenvalue weighted by Gasteiger charge is -2.37. The first kappa shape index (κ1) is 36.8. The highest BCUT2D eigenvalue weighted by molar-refractivity contribution is 6.42. The zero-order chi connectivity index (χ0) is 36.8. The van der Waals surface area contributed by atoms with Gasteiger partial charge in [-0.15, -0.1) is 0 Å². The maximum atomic E-state index is 14.6. The molecule has 0 unspecified atom stereocenters. The number of ether oxygens (including phenoxy) is 3. The molecular weight excluding hydrogens is 707 g/mol. The second-order valence-corrected chi connectivity index (χ2v) is 13.3. The van der Waals surface area contributed by atoms with Crippen LogP contribution < -0.4 is 29.5 Å². The van der Waals surface area contributed by atoms with Gasteiger partial charge in [0.15, 0.2) is 5.78 Å². The van der Waals surface area contributed by atoms with Crippen molar-refractivity contribution in [3.8, 4) is 11.5 Å². The molecule has 1 N–H and O–H groups in total. The molecule has 52 heavy (non-hydrogen) atoms. The highest BCUT2D eigenvalue weighted by Gasteiger charge is 2.37. The predicted molar refractivity (Wildman–Crippen MR) is 203 cm³/mol. The number of hydrogen-bond donors (Lipinski definition) is 1. The number of hydrogen-bond acceptors (Lipinski definition) is 11.